The van der Waals surface area contributed by atoms with Crippen LogP contribution < -0.4 is 5.32 Å². The molecule has 0 bridgehead atoms. The SMILES string of the molecule is Cc1cc(-c2ccc(O)cc2)c(C)cc1/C=C1\SC(=O)NC1=O. The van der Waals surface area contributed by atoms with Crippen molar-refractivity contribution < 1.29 is 14.7 Å². The molecule has 0 radical (unpaired) electrons. The number of hydrogen-bond donors (Lipinski definition) is 2. The number of nitrogens with one attached hydrogen (secondary N) is 1. The van der Waals surface area contributed by atoms with E-state index in [1.165, 1.54) is 0 Å². The molecule has 0 saturated carbocycles. The Morgan fingerprint density at radius 3 is 2.35 bits per heavy atom. The van der Waals surface area contributed by atoms with E-state index in [0.717, 1.165) is 39.6 Å². The quantitative estimate of drug-likeness (QED) is 0.819. The van der Waals surface area contributed by atoms with Gasteiger partial charge in [0, 0.05) is 0 Å². The highest BCUT2D eigenvalue weighted by molar-refractivity contribution is 8.18. The van der Waals surface area contributed by atoms with Gasteiger partial charge >= 0.3 is 0 Å². The summed E-state index contributed by atoms with van der Waals surface area (Å²) in [5, 5.41) is 11.3. The van der Waals surface area contributed by atoms with Gasteiger partial charge in [-0.05, 0) is 71.6 Å². The second-order valence-electron chi connectivity index (χ2n) is 5.42. The van der Waals surface area contributed by atoms with Crippen molar-refractivity contribution >= 4 is 29.0 Å². The van der Waals surface area contributed by atoms with Crippen LogP contribution in [0.4, 0.5) is 4.79 Å². The highest BCUT2D eigenvalue weighted by atomic mass is 32.2. The number of imide groups is 1. The molecule has 2 aromatic rings. The minimum absolute atomic E-state index is 0.235. The fourth-order valence-corrected chi connectivity index (χ4v) is 3.18. The number of thioether (sulfide) groups is 1. The number of amides is 2. The Labute approximate surface area is 138 Å². The summed E-state index contributed by atoms with van der Waals surface area (Å²) in [5.41, 5.74) is 5.08. The molecule has 2 aromatic carbocycles. The molecule has 5 heteroatoms. The normalized spacial score (nSPS) is 16.0. The van der Waals surface area contributed by atoms with E-state index >= 15 is 0 Å². The van der Waals surface area contributed by atoms with Crippen LogP contribution in [0.3, 0.4) is 0 Å². The van der Waals surface area contributed by atoms with Crippen LogP contribution in [0.2, 0.25) is 0 Å². The fraction of sp³-hybridized carbons (Fsp3) is 0.111. The Morgan fingerprint density at radius 2 is 1.74 bits per heavy atom. The standard InChI is InChI=1S/C18H15NO3S/c1-10-8-15(12-3-5-14(20)6-4-12)11(2)7-13(10)9-16-17(21)19-18(22)23-16/h3-9,20H,1-2H3,(H,19,21,22)/b16-9-. The topological polar surface area (TPSA) is 66.4 Å². The number of aromatic hydroxyl groups is 1. The maximum absolute atomic E-state index is 11.7. The average molecular weight is 325 g/mol. The van der Waals surface area contributed by atoms with E-state index in [-0.39, 0.29) is 16.9 Å². The minimum atomic E-state index is -0.348. The first-order chi connectivity index (χ1) is 10.9. The van der Waals surface area contributed by atoms with Crippen LogP contribution in [-0.2, 0) is 4.79 Å². The van der Waals surface area contributed by atoms with Gasteiger partial charge in [0.25, 0.3) is 11.1 Å². The third-order valence-electron chi connectivity index (χ3n) is 3.72. The molecule has 0 unspecified atom stereocenters. The number of benzene rings is 2. The highest BCUT2D eigenvalue weighted by Gasteiger charge is 2.25. The van der Waals surface area contributed by atoms with Crippen LogP contribution in [0.15, 0.2) is 41.3 Å². The Morgan fingerprint density at radius 1 is 1.04 bits per heavy atom. The van der Waals surface area contributed by atoms with Gasteiger partial charge in [0.2, 0.25) is 0 Å². The molecule has 1 aliphatic rings. The lowest BCUT2D eigenvalue weighted by atomic mass is 9.95. The third kappa shape index (κ3) is 3.14. The molecule has 2 N–H and O–H groups in total. The Bertz CT molecular complexity index is 838. The summed E-state index contributed by atoms with van der Waals surface area (Å²) in [7, 11) is 0. The maximum Gasteiger partial charge on any atom is 0.290 e. The zero-order chi connectivity index (χ0) is 16.6. The maximum atomic E-state index is 11.7. The van der Waals surface area contributed by atoms with Crippen LogP contribution in [0, 0.1) is 13.8 Å². The molecule has 23 heavy (non-hydrogen) atoms. The molecule has 4 nitrogen and oxygen atoms in total. The van der Waals surface area contributed by atoms with Crippen molar-refractivity contribution in [2.45, 2.75) is 13.8 Å². The summed E-state index contributed by atoms with van der Waals surface area (Å²) in [4.78, 5) is 23.3. The van der Waals surface area contributed by atoms with Gasteiger partial charge in [0.05, 0.1) is 4.91 Å². The smallest absolute Gasteiger partial charge is 0.290 e. The summed E-state index contributed by atoms with van der Waals surface area (Å²) in [6.45, 7) is 3.96. The number of hydrogen-bond acceptors (Lipinski definition) is 4. The predicted molar refractivity (Wildman–Crippen MR) is 92.1 cm³/mol. The van der Waals surface area contributed by atoms with Gasteiger partial charge in [0.15, 0.2) is 0 Å². The molecule has 0 aromatic heterocycles. The number of phenolic OH excluding ortho intramolecular Hbond substituents is 1. The van der Waals surface area contributed by atoms with Crippen molar-refractivity contribution in [3.05, 3.63) is 58.0 Å². The first kappa shape index (κ1) is 15.4. The molecule has 1 saturated heterocycles. The van der Waals surface area contributed by atoms with Crippen LogP contribution in [0.25, 0.3) is 17.2 Å². The van der Waals surface area contributed by atoms with E-state index in [9.17, 15) is 14.7 Å². The molecule has 1 fully saturated rings. The zero-order valence-electron chi connectivity index (χ0n) is 12.7. The number of carbonyl (C=O) groups is 2. The van der Waals surface area contributed by atoms with Crippen molar-refractivity contribution in [2.75, 3.05) is 0 Å². The van der Waals surface area contributed by atoms with Gasteiger partial charge in [0.1, 0.15) is 5.75 Å². The molecule has 0 aliphatic carbocycles. The highest BCUT2D eigenvalue weighted by Crippen LogP contribution is 2.31. The van der Waals surface area contributed by atoms with E-state index < -0.39 is 0 Å². The van der Waals surface area contributed by atoms with Crippen molar-refractivity contribution in [1.29, 1.82) is 0 Å². The lowest BCUT2D eigenvalue weighted by Crippen LogP contribution is -2.17. The Balaban J connectivity index is 2.01. The average Bonchev–Trinajstić information content (AvgIpc) is 2.81. The largest absolute Gasteiger partial charge is 0.508 e. The number of aryl methyl sites for hydroxylation is 2. The molecule has 1 heterocycles. The summed E-state index contributed by atoms with van der Waals surface area (Å²) >= 11 is 0.919. The molecular formula is C18H15NO3S. The van der Waals surface area contributed by atoms with Crippen LogP contribution in [-0.4, -0.2) is 16.3 Å². The van der Waals surface area contributed by atoms with Crippen molar-refractivity contribution in [2.24, 2.45) is 0 Å². The molecule has 1 aliphatic heterocycles. The van der Waals surface area contributed by atoms with Gasteiger partial charge in [-0.15, -0.1) is 0 Å². The Hall–Kier alpha value is -2.53. The van der Waals surface area contributed by atoms with Gasteiger partial charge in [-0.1, -0.05) is 24.3 Å². The van der Waals surface area contributed by atoms with Crippen molar-refractivity contribution in [1.82, 2.24) is 5.32 Å². The monoisotopic (exact) mass is 325 g/mol. The number of phenols is 1. The van der Waals surface area contributed by atoms with Crippen LogP contribution in [0.1, 0.15) is 16.7 Å². The minimum Gasteiger partial charge on any atom is -0.508 e. The predicted octanol–water partition coefficient (Wildman–Crippen LogP) is 4.00. The lowest BCUT2D eigenvalue weighted by molar-refractivity contribution is -0.115. The first-order valence-corrected chi connectivity index (χ1v) is 7.91. The number of rotatable bonds is 2. The molecule has 0 atom stereocenters. The molecule has 0 spiro atoms. The second-order valence-corrected chi connectivity index (χ2v) is 6.44. The first-order valence-electron chi connectivity index (χ1n) is 7.09. The van der Waals surface area contributed by atoms with Crippen molar-refractivity contribution in [3.63, 3.8) is 0 Å². The van der Waals surface area contributed by atoms with E-state index in [1.54, 1.807) is 18.2 Å². The van der Waals surface area contributed by atoms with Gasteiger partial charge in [-0.3, -0.25) is 14.9 Å². The second kappa shape index (κ2) is 5.93. The Kier molecular flexibility index (Phi) is 3.96. The van der Waals surface area contributed by atoms with E-state index in [0.29, 0.717) is 4.91 Å². The van der Waals surface area contributed by atoms with Crippen molar-refractivity contribution in [3.8, 4) is 16.9 Å². The summed E-state index contributed by atoms with van der Waals surface area (Å²) in [6.07, 6.45) is 1.74. The fourth-order valence-electron chi connectivity index (χ4n) is 2.51. The van der Waals surface area contributed by atoms with E-state index in [2.05, 4.69) is 5.32 Å². The van der Waals surface area contributed by atoms with Gasteiger partial charge in [-0.25, -0.2) is 0 Å². The zero-order valence-corrected chi connectivity index (χ0v) is 13.5. The van der Waals surface area contributed by atoms with E-state index in [1.807, 2.05) is 38.1 Å². The lowest BCUT2D eigenvalue weighted by Gasteiger charge is -2.11. The molecule has 2 amide bonds. The summed E-state index contributed by atoms with van der Waals surface area (Å²) in [6, 6.07) is 11.1. The van der Waals surface area contributed by atoms with Crippen LogP contribution >= 0.6 is 11.8 Å². The van der Waals surface area contributed by atoms with Crippen LogP contribution in [0.5, 0.6) is 5.75 Å². The van der Waals surface area contributed by atoms with Gasteiger partial charge in [-0.2, -0.15) is 0 Å². The third-order valence-corrected chi connectivity index (χ3v) is 4.53. The van der Waals surface area contributed by atoms with Gasteiger partial charge < -0.3 is 5.11 Å². The van der Waals surface area contributed by atoms with E-state index in [4.69, 9.17) is 0 Å². The summed E-state index contributed by atoms with van der Waals surface area (Å²) in [5.74, 6) is -0.113. The molecular weight excluding hydrogens is 310 g/mol. The summed E-state index contributed by atoms with van der Waals surface area (Å²) < 4.78 is 0. The number of carbonyl (C=O) groups excluding carboxylic acids is 2. The molecule has 3 rings (SSSR count). The molecule has 116 valence electrons.